The Balaban J connectivity index is 1.54. The van der Waals surface area contributed by atoms with E-state index in [2.05, 4.69) is 20.5 Å². The highest BCUT2D eigenvalue weighted by atomic mass is 35.5. The second kappa shape index (κ2) is 9.55. The summed E-state index contributed by atoms with van der Waals surface area (Å²) in [4.78, 5) is 31.3. The first-order valence-corrected chi connectivity index (χ1v) is 11.4. The molecule has 4 aromatic rings. The maximum Gasteiger partial charge on any atom is 0.280 e. The molecule has 0 aliphatic carbocycles. The number of hydrogen-bond acceptors (Lipinski definition) is 7. The molecule has 1 saturated heterocycles. The van der Waals surface area contributed by atoms with Crippen LogP contribution >= 0.6 is 11.6 Å². The Morgan fingerprint density at radius 1 is 1.36 bits per heavy atom. The van der Waals surface area contributed by atoms with Crippen LogP contribution in [0.1, 0.15) is 23.1 Å². The minimum absolute atomic E-state index is 0.0425. The molecule has 2 amide bonds. The van der Waals surface area contributed by atoms with Crippen LogP contribution in [0.25, 0.3) is 16.9 Å². The van der Waals surface area contributed by atoms with E-state index in [9.17, 15) is 14.7 Å². The van der Waals surface area contributed by atoms with Crippen LogP contribution in [0.5, 0.6) is 5.75 Å². The van der Waals surface area contributed by atoms with Crippen molar-refractivity contribution in [2.24, 2.45) is 0 Å². The third kappa shape index (κ3) is 4.36. The van der Waals surface area contributed by atoms with Crippen LogP contribution < -0.4 is 10.1 Å². The van der Waals surface area contributed by atoms with E-state index in [1.165, 1.54) is 35.1 Å². The third-order valence-corrected chi connectivity index (χ3v) is 6.07. The van der Waals surface area contributed by atoms with Crippen LogP contribution in [-0.2, 0) is 4.79 Å². The summed E-state index contributed by atoms with van der Waals surface area (Å²) < 4.78 is 23.0. The molecular formula is C23H21ClFN7O4. The first-order chi connectivity index (χ1) is 17.4. The molecule has 1 unspecified atom stereocenters. The number of hydrogen-bond donors (Lipinski definition) is 2. The number of methoxy groups -OCH3 is 1. The summed E-state index contributed by atoms with van der Waals surface area (Å²) in [5, 5.41) is 21.2. The van der Waals surface area contributed by atoms with Crippen LogP contribution in [0, 0.1) is 0 Å². The van der Waals surface area contributed by atoms with Gasteiger partial charge in [-0.2, -0.15) is 10.2 Å². The number of alkyl halides is 1. The molecule has 13 heteroatoms. The van der Waals surface area contributed by atoms with Crippen LogP contribution in [0.15, 0.2) is 49.1 Å². The van der Waals surface area contributed by atoms with Gasteiger partial charge >= 0.3 is 0 Å². The Bertz CT molecular complexity index is 1460. The number of fused-ring (bicyclic) bond motifs is 1. The number of halogens is 2. The Morgan fingerprint density at radius 2 is 2.19 bits per heavy atom. The molecule has 1 aliphatic heterocycles. The first-order valence-electron chi connectivity index (χ1n) is 11.0. The number of benzene rings is 1. The highest BCUT2D eigenvalue weighted by Gasteiger charge is 2.33. The molecule has 11 nitrogen and oxygen atoms in total. The number of aliphatic hydroxyl groups excluding tert-OH is 1. The first kappa shape index (κ1) is 23.7. The zero-order valence-electron chi connectivity index (χ0n) is 19.0. The lowest BCUT2D eigenvalue weighted by molar-refractivity contribution is -0.139. The number of carbonyl (C=O) groups is 2. The van der Waals surface area contributed by atoms with E-state index in [0.29, 0.717) is 28.4 Å². The summed E-state index contributed by atoms with van der Waals surface area (Å²) in [6, 6.07) is 6.46. The lowest BCUT2D eigenvalue weighted by atomic mass is 10.1. The molecule has 186 valence electrons. The van der Waals surface area contributed by atoms with Gasteiger partial charge in [0.25, 0.3) is 18.1 Å². The molecule has 1 aliphatic rings. The minimum Gasteiger partial charge on any atom is -0.496 e. The Kier molecular flexibility index (Phi) is 6.29. The van der Waals surface area contributed by atoms with Crippen molar-refractivity contribution in [3.63, 3.8) is 0 Å². The molecule has 36 heavy (non-hydrogen) atoms. The number of nitrogens with zero attached hydrogens (tertiary/aromatic N) is 6. The van der Waals surface area contributed by atoms with Crippen LogP contribution in [0.2, 0.25) is 5.02 Å². The van der Waals surface area contributed by atoms with Crippen molar-refractivity contribution in [1.82, 2.24) is 29.3 Å². The zero-order chi connectivity index (χ0) is 25.4. The van der Waals surface area contributed by atoms with Crippen molar-refractivity contribution in [2.45, 2.75) is 18.8 Å². The van der Waals surface area contributed by atoms with Crippen molar-refractivity contribution in [3.8, 4) is 17.0 Å². The van der Waals surface area contributed by atoms with E-state index >= 15 is 4.39 Å². The SMILES string of the molecule is COc1ccc(Cl)cc1-c1nn(C(F)C(=O)N2CC[C@H](O)C2)cc1NC(=O)c1cnn2cccnc12. The monoisotopic (exact) mass is 513 g/mol. The topological polar surface area (TPSA) is 127 Å². The molecule has 5 rings (SSSR count). The second-order valence-electron chi connectivity index (χ2n) is 8.18. The van der Waals surface area contributed by atoms with Crippen LogP contribution in [0.4, 0.5) is 10.1 Å². The van der Waals surface area contributed by atoms with Gasteiger partial charge in [-0.15, -0.1) is 0 Å². The van der Waals surface area contributed by atoms with Crippen molar-refractivity contribution >= 4 is 34.7 Å². The number of rotatable bonds is 6. The van der Waals surface area contributed by atoms with Crippen molar-refractivity contribution < 1.29 is 23.8 Å². The molecule has 4 heterocycles. The molecule has 0 bridgehead atoms. The standard InChI is InChI=1S/C23H21ClFN7O4/c1-36-18-4-3-13(24)9-15(18)19-17(28-22(34)16-10-27-31-7-2-6-26-21(16)31)12-32(29-19)20(25)23(35)30-8-5-14(33)11-30/h2-4,6-7,9-10,12,14,20,33H,5,8,11H2,1H3,(H,28,34)/t14-,20?/m0/s1. The predicted molar refractivity (Wildman–Crippen MR) is 128 cm³/mol. The third-order valence-electron chi connectivity index (χ3n) is 5.83. The number of nitrogens with one attached hydrogen (secondary N) is 1. The van der Waals surface area contributed by atoms with Crippen molar-refractivity contribution in [3.05, 3.63) is 59.6 Å². The maximum atomic E-state index is 15.3. The molecule has 0 saturated carbocycles. The molecule has 3 aromatic heterocycles. The van der Waals surface area contributed by atoms with Gasteiger partial charge in [0.1, 0.15) is 17.0 Å². The fourth-order valence-corrected chi connectivity index (χ4v) is 4.22. The fraction of sp³-hybridized carbons (Fsp3) is 0.261. The highest BCUT2D eigenvalue weighted by molar-refractivity contribution is 6.31. The smallest absolute Gasteiger partial charge is 0.280 e. The van der Waals surface area contributed by atoms with Gasteiger partial charge in [0.15, 0.2) is 5.65 Å². The summed E-state index contributed by atoms with van der Waals surface area (Å²) in [6.45, 7) is 0.281. The highest BCUT2D eigenvalue weighted by Crippen LogP contribution is 2.37. The molecule has 2 N–H and O–H groups in total. The summed E-state index contributed by atoms with van der Waals surface area (Å²) in [5.41, 5.74) is 1.16. The van der Waals surface area contributed by atoms with Crippen LogP contribution in [0.3, 0.4) is 0 Å². The van der Waals surface area contributed by atoms with E-state index in [-0.39, 0.29) is 30.0 Å². The summed E-state index contributed by atoms with van der Waals surface area (Å²) in [5.74, 6) is -1.03. The normalized spacial score (nSPS) is 16.3. The van der Waals surface area contributed by atoms with Gasteiger partial charge in [-0.1, -0.05) is 11.6 Å². The summed E-state index contributed by atoms with van der Waals surface area (Å²) in [6.07, 6.45) is 3.26. The van der Waals surface area contributed by atoms with Gasteiger partial charge in [-0.05, 0) is 30.7 Å². The lowest BCUT2D eigenvalue weighted by Gasteiger charge is -2.18. The number of amides is 2. The Labute approximate surface area is 209 Å². The van der Waals surface area contributed by atoms with Gasteiger partial charge in [-0.3, -0.25) is 9.59 Å². The summed E-state index contributed by atoms with van der Waals surface area (Å²) in [7, 11) is 1.45. The molecule has 1 fully saturated rings. The number of aliphatic hydroxyl groups is 1. The lowest BCUT2D eigenvalue weighted by Crippen LogP contribution is -2.34. The van der Waals surface area contributed by atoms with Crippen molar-refractivity contribution in [1.29, 1.82) is 0 Å². The molecular weight excluding hydrogens is 493 g/mol. The Hall–Kier alpha value is -4.03. The zero-order valence-corrected chi connectivity index (χ0v) is 19.8. The van der Waals surface area contributed by atoms with Gasteiger partial charge < -0.3 is 20.1 Å². The number of likely N-dealkylation sites (tertiary alicyclic amines) is 1. The number of ether oxygens (including phenoxy) is 1. The number of aromatic nitrogens is 5. The van der Waals surface area contributed by atoms with Crippen LogP contribution in [-0.4, -0.2) is 72.5 Å². The average molecular weight is 514 g/mol. The van der Waals surface area contributed by atoms with E-state index in [1.807, 2.05) is 0 Å². The van der Waals surface area contributed by atoms with Gasteiger partial charge in [-0.25, -0.2) is 18.6 Å². The van der Waals surface area contributed by atoms with E-state index < -0.39 is 24.2 Å². The second-order valence-corrected chi connectivity index (χ2v) is 8.62. The number of carbonyl (C=O) groups excluding carboxylic acids is 2. The average Bonchev–Trinajstić information content (AvgIpc) is 3.61. The molecule has 0 spiro atoms. The molecule has 2 atom stereocenters. The molecule has 1 aromatic carbocycles. The quantitative estimate of drug-likeness (QED) is 0.405. The molecule has 0 radical (unpaired) electrons. The van der Waals surface area contributed by atoms with E-state index in [4.69, 9.17) is 16.3 Å². The Morgan fingerprint density at radius 3 is 2.94 bits per heavy atom. The predicted octanol–water partition coefficient (Wildman–Crippen LogP) is 2.57. The summed E-state index contributed by atoms with van der Waals surface area (Å²) >= 11 is 6.19. The van der Waals surface area contributed by atoms with Crippen molar-refractivity contribution in [2.75, 3.05) is 25.5 Å². The van der Waals surface area contributed by atoms with Gasteiger partial charge in [0.2, 0.25) is 0 Å². The number of β-amino-alcohol motifs (C(OH)–C–C–N with tert-alkyl or cyclic N) is 1. The fourth-order valence-electron chi connectivity index (χ4n) is 4.05. The van der Waals surface area contributed by atoms with E-state index in [0.717, 1.165) is 4.68 Å². The van der Waals surface area contributed by atoms with E-state index in [1.54, 1.807) is 30.5 Å². The largest absolute Gasteiger partial charge is 0.496 e. The maximum absolute atomic E-state index is 15.3. The number of anilines is 1. The minimum atomic E-state index is -2.18. The van der Waals surface area contributed by atoms with Gasteiger partial charge in [0, 0.05) is 36.1 Å². The van der Waals surface area contributed by atoms with Gasteiger partial charge in [0.05, 0.1) is 31.3 Å².